The van der Waals surface area contributed by atoms with Crippen LogP contribution in [0.2, 0.25) is 0 Å². The predicted octanol–water partition coefficient (Wildman–Crippen LogP) is 2.33. The number of carbonyl (C=O) groups excluding carboxylic acids is 1. The number of pyridine rings is 1. The van der Waals surface area contributed by atoms with Crippen LogP contribution in [-0.4, -0.2) is 44.4 Å². The molecule has 0 N–H and O–H groups in total. The molecule has 0 bridgehead atoms. The third kappa shape index (κ3) is 2.82. The predicted molar refractivity (Wildman–Crippen MR) is 89.1 cm³/mol. The molecule has 6 nitrogen and oxygen atoms in total. The van der Waals surface area contributed by atoms with Crippen LogP contribution in [0.5, 0.6) is 5.88 Å². The van der Waals surface area contributed by atoms with E-state index in [2.05, 4.69) is 9.97 Å². The lowest BCUT2D eigenvalue weighted by atomic mass is 10.3. The zero-order valence-corrected chi connectivity index (χ0v) is 13.4. The third-order valence-electron chi connectivity index (χ3n) is 4.22. The molecular weight excluding hydrogens is 304 g/mol. The summed E-state index contributed by atoms with van der Waals surface area (Å²) in [5, 5.41) is 0. The van der Waals surface area contributed by atoms with Crippen LogP contribution >= 0.6 is 0 Å². The minimum atomic E-state index is -0.0275. The number of amides is 1. The molecule has 1 atom stereocenters. The van der Waals surface area contributed by atoms with Crippen molar-refractivity contribution in [1.29, 1.82) is 0 Å². The van der Waals surface area contributed by atoms with Gasteiger partial charge in [-0.25, -0.2) is 4.98 Å². The van der Waals surface area contributed by atoms with Gasteiger partial charge < -0.3 is 14.0 Å². The molecule has 0 aliphatic carbocycles. The average molecular weight is 322 g/mol. The number of rotatable bonds is 3. The van der Waals surface area contributed by atoms with Crippen molar-refractivity contribution >= 4 is 11.4 Å². The Kier molecular flexibility index (Phi) is 3.65. The molecular formula is C18H18N4O2. The molecule has 3 aromatic heterocycles. The molecule has 1 amide bonds. The molecule has 4 rings (SSSR count). The maximum Gasteiger partial charge on any atom is 0.255 e. The Morgan fingerprint density at radius 2 is 2.25 bits per heavy atom. The van der Waals surface area contributed by atoms with Gasteiger partial charge >= 0.3 is 0 Å². The van der Waals surface area contributed by atoms with E-state index in [1.807, 2.05) is 52.9 Å². The van der Waals surface area contributed by atoms with E-state index in [0.29, 0.717) is 30.4 Å². The van der Waals surface area contributed by atoms with Gasteiger partial charge in [-0.3, -0.25) is 4.79 Å². The molecule has 1 saturated heterocycles. The number of likely N-dealkylation sites (tertiary alicyclic amines) is 1. The van der Waals surface area contributed by atoms with Crippen molar-refractivity contribution in [1.82, 2.24) is 19.3 Å². The highest BCUT2D eigenvalue weighted by Crippen LogP contribution is 2.19. The van der Waals surface area contributed by atoms with Crippen molar-refractivity contribution < 1.29 is 9.53 Å². The summed E-state index contributed by atoms with van der Waals surface area (Å²) < 4.78 is 7.84. The average Bonchev–Trinajstić information content (AvgIpc) is 3.20. The van der Waals surface area contributed by atoms with Crippen LogP contribution in [0.15, 0.2) is 48.9 Å². The number of aromatic nitrogens is 3. The zero-order valence-electron chi connectivity index (χ0n) is 13.4. The van der Waals surface area contributed by atoms with Gasteiger partial charge in [0.1, 0.15) is 11.9 Å². The Bertz CT molecular complexity index is 856. The second-order valence-electron chi connectivity index (χ2n) is 5.98. The minimum absolute atomic E-state index is 0.0275. The molecule has 1 aliphatic rings. The fourth-order valence-corrected chi connectivity index (χ4v) is 3.03. The molecule has 0 radical (unpaired) electrons. The largest absolute Gasteiger partial charge is 0.472 e. The number of hydrogen-bond donors (Lipinski definition) is 0. The summed E-state index contributed by atoms with van der Waals surface area (Å²) in [6.45, 7) is 3.10. The second-order valence-corrected chi connectivity index (χ2v) is 5.98. The van der Waals surface area contributed by atoms with Crippen LogP contribution in [0, 0.1) is 6.92 Å². The summed E-state index contributed by atoms with van der Waals surface area (Å²) in [6, 6.07) is 9.57. The summed E-state index contributed by atoms with van der Waals surface area (Å²) in [4.78, 5) is 22.9. The molecule has 0 aromatic carbocycles. The number of fused-ring (bicyclic) bond motifs is 1. The first-order chi connectivity index (χ1) is 11.7. The van der Waals surface area contributed by atoms with Gasteiger partial charge in [0.2, 0.25) is 5.88 Å². The van der Waals surface area contributed by atoms with E-state index in [9.17, 15) is 4.79 Å². The lowest BCUT2D eigenvalue weighted by Gasteiger charge is -2.16. The number of carbonyl (C=O) groups is 1. The Labute approximate surface area is 139 Å². The van der Waals surface area contributed by atoms with E-state index in [0.717, 1.165) is 11.9 Å². The fourth-order valence-electron chi connectivity index (χ4n) is 3.03. The fraction of sp³-hybridized carbons (Fsp3) is 0.278. The lowest BCUT2D eigenvalue weighted by Crippen LogP contribution is -2.30. The summed E-state index contributed by atoms with van der Waals surface area (Å²) in [5.41, 5.74) is 1.73. The summed E-state index contributed by atoms with van der Waals surface area (Å²) in [5.74, 6) is 1.29. The Balaban J connectivity index is 1.45. The standard InChI is InChI=1S/C18H18N4O2/c1-13-19-7-5-17(20-13)24-16-6-9-22(12-16)18(23)14-10-15-4-2-3-8-21(15)11-14/h2-5,7-8,10-11,16H,6,9,12H2,1H3/t16-/m1/s1. The van der Waals surface area contributed by atoms with Crippen LogP contribution in [0.25, 0.3) is 5.52 Å². The van der Waals surface area contributed by atoms with Crippen molar-refractivity contribution in [2.45, 2.75) is 19.4 Å². The smallest absolute Gasteiger partial charge is 0.255 e. The second kappa shape index (κ2) is 5.96. The third-order valence-corrected chi connectivity index (χ3v) is 4.22. The first-order valence-corrected chi connectivity index (χ1v) is 8.01. The van der Waals surface area contributed by atoms with Gasteiger partial charge in [-0.1, -0.05) is 6.07 Å². The monoisotopic (exact) mass is 322 g/mol. The highest BCUT2D eigenvalue weighted by molar-refractivity contribution is 5.95. The number of hydrogen-bond acceptors (Lipinski definition) is 4. The molecule has 1 fully saturated rings. The molecule has 6 heteroatoms. The molecule has 0 unspecified atom stereocenters. The zero-order chi connectivity index (χ0) is 16.5. The number of aryl methyl sites for hydroxylation is 1. The topological polar surface area (TPSA) is 59.7 Å². The van der Waals surface area contributed by atoms with E-state index in [1.165, 1.54) is 0 Å². The van der Waals surface area contributed by atoms with Crippen molar-refractivity contribution in [3.63, 3.8) is 0 Å². The highest BCUT2D eigenvalue weighted by atomic mass is 16.5. The van der Waals surface area contributed by atoms with E-state index in [1.54, 1.807) is 12.3 Å². The van der Waals surface area contributed by atoms with E-state index in [-0.39, 0.29) is 12.0 Å². The molecule has 122 valence electrons. The molecule has 1 aliphatic heterocycles. The lowest BCUT2D eigenvalue weighted by molar-refractivity contribution is 0.0771. The van der Waals surface area contributed by atoms with Crippen LogP contribution in [0.3, 0.4) is 0 Å². The Morgan fingerprint density at radius 3 is 3.08 bits per heavy atom. The number of ether oxygens (including phenoxy) is 1. The van der Waals surface area contributed by atoms with E-state index < -0.39 is 0 Å². The van der Waals surface area contributed by atoms with Gasteiger partial charge in [-0.2, -0.15) is 4.98 Å². The Morgan fingerprint density at radius 1 is 1.33 bits per heavy atom. The van der Waals surface area contributed by atoms with Gasteiger partial charge in [-0.05, 0) is 25.1 Å². The molecule has 0 spiro atoms. The van der Waals surface area contributed by atoms with Gasteiger partial charge in [0.05, 0.1) is 12.1 Å². The van der Waals surface area contributed by atoms with Crippen LogP contribution < -0.4 is 4.74 Å². The summed E-state index contributed by atoms with van der Waals surface area (Å²) >= 11 is 0. The molecule has 0 saturated carbocycles. The van der Waals surface area contributed by atoms with Gasteiger partial charge in [-0.15, -0.1) is 0 Å². The number of nitrogens with zero attached hydrogens (tertiary/aromatic N) is 4. The van der Waals surface area contributed by atoms with Crippen molar-refractivity contribution in [3.05, 3.63) is 60.3 Å². The van der Waals surface area contributed by atoms with Crippen molar-refractivity contribution in [2.75, 3.05) is 13.1 Å². The maximum atomic E-state index is 12.7. The first kappa shape index (κ1) is 14.7. The summed E-state index contributed by atoms with van der Waals surface area (Å²) in [7, 11) is 0. The van der Waals surface area contributed by atoms with Crippen LogP contribution in [-0.2, 0) is 0 Å². The van der Waals surface area contributed by atoms with Crippen LogP contribution in [0.1, 0.15) is 22.6 Å². The van der Waals surface area contributed by atoms with Gasteiger partial charge in [0, 0.05) is 43.1 Å². The molecule has 4 heterocycles. The normalized spacial score (nSPS) is 17.4. The Hall–Kier alpha value is -2.89. The maximum absolute atomic E-state index is 12.7. The quantitative estimate of drug-likeness (QED) is 0.742. The van der Waals surface area contributed by atoms with Gasteiger partial charge in [0.15, 0.2) is 0 Å². The SMILES string of the molecule is Cc1nccc(O[C@@H]2CCN(C(=O)c3cc4ccccn4c3)C2)n1. The van der Waals surface area contributed by atoms with E-state index >= 15 is 0 Å². The summed E-state index contributed by atoms with van der Waals surface area (Å²) in [6.07, 6.45) is 6.28. The van der Waals surface area contributed by atoms with Crippen molar-refractivity contribution in [3.8, 4) is 5.88 Å². The van der Waals surface area contributed by atoms with Crippen LogP contribution in [0.4, 0.5) is 0 Å². The minimum Gasteiger partial charge on any atom is -0.472 e. The highest BCUT2D eigenvalue weighted by Gasteiger charge is 2.29. The van der Waals surface area contributed by atoms with Crippen molar-refractivity contribution in [2.24, 2.45) is 0 Å². The van der Waals surface area contributed by atoms with E-state index in [4.69, 9.17) is 4.74 Å². The molecule has 3 aromatic rings. The molecule has 24 heavy (non-hydrogen) atoms. The first-order valence-electron chi connectivity index (χ1n) is 8.01. The van der Waals surface area contributed by atoms with Gasteiger partial charge in [0.25, 0.3) is 5.91 Å².